The molecular weight excluding hydrogens is 333 g/mol. The fraction of sp³-hybridized carbons (Fsp3) is 0.0667. The summed E-state index contributed by atoms with van der Waals surface area (Å²) >= 11 is 3.15. The van der Waals surface area contributed by atoms with Crippen molar-refractivity contribution >= 4 is 15.9 Å². The molecule has 0 N–H and O–H groups in total. The average molecular weight is 343 g/mol. The van der Waals surface area contributed by atoms with E-state index in [0.29, 0.717) is 4.47 Å². The number of hydrogen-bond donors (Lipinski definition) is 0. The Morgan fingerprint density at radius 1 is 1.10 bits per heavy atom. The first kappa shape index (κ1) is 14.7. The molecule has 0 aliphatic heterocycles. The van der Waals surface area contributed by atoms with E-state index in [1.54, 1.807) is 0 Å². The van der Waals surface area contributed by atoms with Crippen LogP contribution >= 0.6 is 15.9 Å². The molecule has 2 aromatic rings. The van der Waals surface area contributed by atoms with Crippen LogP contribution in [0, 0.1) is 17.5 Å². The van der Waals surface area contributed by atoms with Gasteiger partial charge in [-0.15, -0.1) is 0 Å². The van der Waals surface area contributed by atoms with E-state index in [2.05, 4.69) is 22.5 Å². The van der Waals surface area contributed by atoms with Gasteiger partial charge in [0.1, 0.15) is 29.8 Å². The van der Waals surface area contributed by atoms with Crippen molar-refractivity contribution in [1.82, 2.24) is 0 Å². The topological polar surface area (TPSA) is 9.23 Å². The Kier molecular flexibility index (Phi) is 4.49. The second kappa shape index (κ2) is 6.13. The predicted molar refractivity (Wildman–Crippen MR) is 75.1 cm³/mol. The summed E-state index contributed by atoms with van der Waals surface area (Å²) in [6, 6.07) is 5.77. The van der Waals surface area contributed by atoms with Gasteiger partial charge in [-0.25, -0.2) is 13.2 Å². The second-order valence-electron chi connectivity index (χ2n) is 3.99. The van der Waals surface area contributed by atoms with Gasteiger partial charge in [-0.2, -0.15) is 0 Å². The summed E-state index contributed by atoms with van der Waals surface area (Å²) in [6.07, 6.45) is 1.47. The van der Waals surface area contributed by atoms with Crippen LogP contribution in [-0.4, -0.2) is 6.61 Å². The molecule has 0 radical (unpaired) electrons. The van der Waals surface area contributed by atoms with Gasteiger partial charge in [0.25, 0.3) is 0 Å². The molecule has 20 heavy (non-hydrogen) atoms. The second-order valence-corrected chi connectivity index (χ2v) is 4.84. The van der Waals surface area contributed by atoms with E-state index in [1.165, 1.54) is 18.2 Å². The van der Waals surface area contributed by atoms with Crippen molar-refractivity contribution < 1.29 is 17.9 Å². The molecule has 0 heterocycles. The van der Waals surface area contributed by atoms with E-state index in [4.69, 9.17) is 4.74 Å². The van der Waals surface area contributed by atoms with Crippen LogP contribution < -0.4 is 4.74 Å². The van der Waals surface area contributed by atoms with Crippen LogP contribution in [0.4, 0.5) is 13.2 Å². The molecule has 0 fully saturated rings. The zero-order chi connectivity index (χ0) is 14.7. The first-order chi connectivity index (χ1) is 9.52. The SMILES string of the molecule is C=CCOc1cc(F)c(-c2cc(F)ccc2Br)c(F)c1. The van der Waals surface area contributed by atoms with Crippen LogP contribution in [0.5, 0.6) is 5.75 Å². The molecule has 104 valence electrons. The molecule has 0 spiro atoms. The smallest absolute Gasteiger partial charge is 0.137 e. The van der Waals surface area contributed by atoms with E-state index in [-0.39, 0.29) is 23.5 Å². The van der Waals surface area contributed by atoms with Crippen LogP contribution in [-0.2, 0) is 0 Å². The quantitative estimate of drug-likeness (QED) is 0.702. The Morgan fingerprint density at radius 2 is 1.75 bits per heavy atom. The lowest BCUT2D eigenvalue weighted by atomic mass is 10.0. The Balaban J connectivity index is 2.52. The van der Waals surface area contributed by atoms with Gasteiger partial charge in [0, 0.05) is 22.2 Å². The molecule has 0 atom stereocenters. The monoisotopic (exact) mass is 342 g/mol. The molecule has 5 heteroatoms. The lowest BCUT2D eigenvalue weighted by molar-refractivity contribution is 0.358. The molecule has 2 aromatic carbocycles. The van der Waals surface area contributed by atoms with E-state index >= 15 is 0 Å². The van der Waals surface area contributed by atoms with Crippen molar-refractivity contribution in [3.05, 3.63) is 64.9 Å². The van der Waals surface area contributed by atoms with Crippen molar-refractivity contribution in [2.45, 2.75) is 0 Å². The summed E-state index contributed by atoms with van der Waals surface area (Å²) in [7, 11) is 0. The largest absolute Gasteiger partial charge is 0.489 e. The zero-order valence-electron chi connectivity index (χ0n) is 10.3. The third-order valence-corrected chi connectivity index (χ3v) is 3.27. The molecule has 0 aliphatic rings. The molecule has 1 nitrogen and oxygen atoms in total. The van der Waals surface area contributed by atoms with Gasteiger partial charge < -0.3 is 4.74 Å². The van der Waals surface area contributed by atoms with E-state index in [9.17, 15) is 13.2 Å². The number of benzene rings is 2. The fourth-order valence-electron chi connectivity index (χ4n) is 1.73. The van der Waals surface area contributed by atoms with Gasteiger partial charge in [0.15, 0.2) is 0 Å². The highest BCUT2D eigenvalue weighted by Gasteiger charge is 2.17. The van der Waals surface area contributed by atoms with E-state index in [0.717, 1.165) is 18.2 Å². The summed E-state index contributed by atoms with van der Waals surface area (Å²) in [5, 5.41) is 0. The van der Waals surface area contributed by atoms with E-state index in [1.807, 2.05) is 0 Å². The average Bonchev–Trinajstić information content (AvgIpc) is 2.39. The molecule has 0 saturated carbocycles. The van der Waals surface area contributed by atoms with Crippen molar-refractivity contribution in [3.63, 3.8) is 0 Å². The van der Waals surface area contributed by atoms with Gasteiger partial charge in [-0.05, 0) is 18.2 Å². The number of hydrogen-bond acceptors (Lipinski definition) is 1. The maximum absolute atomic E-state index is 14.0. The standard InChI is InChI=1S/C15H10BrF3O/c1-2-5-20-10-7-13(18)15(14(19)8-10)11-6-9(17)3-4-12(11)16/h2-4,6-8H,1,5H2. The predicted octanol–water partition coefficient (Wildman–Crippen LogP) is 5.10. The lowest BCUT2D eigenvalue weighted by Crippen LogP contribution is -1.97. The fourth-order valence-corrected chi connectivity index (χ4v) is 2.18. The van der Waals surface area contributed by atoms with Crippen molar-refractivity contribution in [3.8, 4) is 16.9 Å². The molecule has 2 rings (SSSR count). The third kappa shape index (κ3) is 3.04. The molecule has 0 aliphatic carbocycles. The molecule has 0 bridgehead atoms. The number of ether oxygens (including phenoxy) is 1. The van der Waals surface area contributed by atoms with Crippen molar-refractivity contribution in [2.24, 2.45) is 0 Å². The number of halogens is 4. The van der Waals surface area contributed by atoms with Gasteiger partial charge in [0.05, 0.1) is 5.56 Å². The van der Waals surface area contributed by atoms with Crippen LogP contribution in [0.3, 0.4) is 0 Å². The first-order valence-electron chi connectivity index (χ1n) is 5.71. The summed E-state index contributed by atoms with van der Waals surface area (Å²) in [6.45, 7) is 3.59. The van der Waals surface area contributed by atoms with Crippen LogP contribution in [0.15, 0.2) is 47.5 Å². The highest BCUT2D eigenvalue weighted by Crippen LogP contribution is 2.34. The lowest BCUT2D eigenvalue weighted by Gasteiger charge is -2.10. The summed E-state index contributed by atoms with van der Waals surface area (Å²) in [4.78, 5) is 0. The van der Waals surface area contributed by atoms with Crippen LogP contribution in [0.2, 0.25) is 0 Å². The minimum atomic E-state index is -0.824. The molecule has 0 saturated heterocycles. The zero-order valence-corrected chi connectivity index (χ0v) is 11.9. The highest BCUT2D eigenvalue weighted by atomic mass is 79.9. The number of rotatable bonds is 4. The van der Waals surface area contributed by atoms with Gasteiger partial charge in [-0.3, -0.25) is 0 Å². The maximum atomic E-state index is 14.0. The summed E-state index contributed by atoms with van der Waals surface area (Å²) in [5.74, 6) is -2.17. The Bertz CT molecular complexity index is 633. The van der Waals surface area contributed by atoms with Gasteiger partial charge >= 0.3 is 0 Å². The highest BCUT2D eigenvalue weighted by molar-refractivity contribution is 9.10. The normalized spacial score (nSPS) is 10.4. The summed E-state index contributed by atoms with van der Waals surface area (Å²) < 4.78 is 46.8. The van der Waals surface area contributed by atoms with Crippen molar-refractivity contribution in [1.29, 1.82) is 0 Å². The first-order valence-corrected chi connectivity index (χ1v) is 6.50. The minimum absolute atomic E-state index is 0.0520. The van der Waals surface area contributed by atoms with Gasteiger partial charge in [0.2, 0.25) is 0 Å². The van der Waals surface area contributed by atoms with Crippen LogP contribution in [0.25, 0.3) is 11.1 Å². The molecule has 0 aromatic heterocycles. The third-order valence-electron chi connectivity index (χ3n) is 2.58. The molecule has 0 amide bonds. The summed E-state index contributed by atoms with van der Waals surface area (Å²) in [5.41, 5.74) is -0.197. The Morgan fingerprint density at radius 3 is 2.35 bits per heavy atom. The van der Waals surface area contributed by atoms with Crippen molar-refractivity contribution in [2.75, 3.05) is 6.61 Å². The Hall–Kier alpha value is -1.75. The molecular formula is C15H10BrF3O. The van der Waals surface area contributed by atoms with Crippen LogP contribution in [0.1, 0.15) is 0 Å². The molecule has 0 unspecified atom stereocenters. The van der Waals surface area contributed by atoms with E-state index < -0.39 is 17.5 Å². The van der Waals surface area contributed by atoms with Gasteiger partial charge in [-0.1, -0.05) is 28.6 Å². The Labute approximate surface area is 122 Å². The minimum Gasteiger partial charge on any atom is -0.489 e. The maximum Gasteiger partial charge on any atom is 0.137 e.